The van der Waals surface area contributed by atoms with Crippen LogP contribution in [-0.2, 0) is 34.7 Å². The molecule has 0 bridgehead atoms. The van der Waals surface area contributed by atoms with E-state index in [2.05, 4.69) is 126 Å². The first-order chi connectivity index (χ1) is 16.8. The van der Waals surface area contributed by atoms with Crippen LogP contribution in [0.2, 0.25) is 0 Å². The van der Waals surface area contributed by atoms with E-state index < -0.39 is 0 Å². The molecule has 0 aliphatic rings. The quantitative estimate of drug-likeness (QED) is 0.379. The molecule has 0 fully saturated rings. The van der Waals surface area contributed by atoms with Gasteiger partial charge in [-0.2, -0.15) is 0 Å². The van der Waals surface area contributed by atoms with Gasteiger partial charge >= 0.3 is 0 Å². The van der Waals surface area contributed by atoms with Crippen molar-refractivity contribution in [2.24, 2.45) is 0 Å². The van der Waals surface area contributed by atoms with Crippen LogP contribution >= 0.6 is 0 Å². The van der Waals surface area contributed by atoms with Crippen molar-refractivity contribution in [3.8, 4) is 11.1 Å². The molecule has 0 radical (unpaired) electrons. The van der Waals surface area contributed by atoms with E-state index in [4.69, 9.17) is 0 Å². The molecular weight excluding hydrogens is 448 g/mol. The minimum atomic E-state index is -0.0376. The van der Waals surface area contributed by atoms with Gasteiger partial charge in [0.25, 0.3) is 0 Å². The zero-order chi connectivity index (χ0) is 28.0. The van der Waals surface area contributed by atoms with Crippen molar-refractivity contribution in [2.45, 2.75) is 118 Å². The van der Waals surface area contributed by atoms with Crippen LogP contribution in [0.1, 0.15) is 122 Å². The Labute approximate surface area is 227 Å². The fourth-order valence-corrected chi connectivity index (χ4v) is 5.41. The molecule has 1 heteroatoms. The van der Waals surface area contributed by atoms with Gasteiger partial charge in [0.1, 0.15) is 0 Å². The highest BCUT2D eigenvalue weighted by molar-refractivity contribution is 5.74. The van der Waals surface area contributed by atoms with Crippen LogP contribution in [0.15, 0.2) is 54.6 Å². The maximum absolute atomic E-state index is 9.99. The summed E-state index contributed by atoms with van der Waals surface area (Å²) in [6.07, 6.45) is 0.821. The molecular formula is C36H50O. The molecule has 3 aromatic rings. The summed E-state index contributed by atoms with van der Waals surface area (Å²) < 4.78 is 0. The molecule has 1 N–H and O–H groups in total. The Balaban J connectivity index is 2.40. The van der Waals surface area contributed by atoms with Gasteiger partial charge in [0.15, 0.2) is 0 Å². The molecule has 0 saturated heterocycles. The molecule has 0 unspecified atom stereocenters. The maximum atomic E-state index is 9.99. The highest BCUT2D eigenvalue weighted by atomic mass is 16.3. The molecule has 1 nitrogen and oxygen atoms in total. The van der Waals surface area contributed by atoms with Crippen LogP contribution in [-0.4, -0.2) is 5.11 Å². The number of rotatable bonds is 4. The molecule has 200 valence electrons. The second kappa shape index (κ2) is 10.1. The van der Waals surface area contributed by atoms with E-state index in [0.29, 0.717) is 0 Å². The lowest BCUT2D eigenvalue weighted by Gasteiger charge is -2.35. The lowest BCUT2D eigenvalue weighted by molar-refractivity contribution is 0.281. The summed E-state index contributed by atoms with van der Waals surface area (Å²) in [7, 11) is 0. The zero-order valence-electron chi connectivity index (χ0n) is 25.6. The first kappa shape index (κ1) is 29.2. The Hall–Kier alpha value is -2.38. The van der Waals surface area contributed by atoms with E-state index in [-0.39, 0.29) is 28.3 Å². The Kier molecular flexibility index (Phi) is 7.94. The standard InChI is InChI=1S/C36H50O/c1-33(2,3)28-20-27(21-29(22-28)34(4,5)6)30-18-17-25(19-24-15-13-14-16-26(24)23-37)31(35(7,8)9)32(30)36(10,11)12/h13-18,20-22,37H,19,23H2,1-12H3. The first-order valence-electron chi connectivity index (χ1n) is 13.8. The van der Waals surface area contributed by atoms with Gasteiger partial charge in [-0.05, 0) is 78.2 Å². The summed E-state index contributed by atoms with van der Waals surface area (Å²) in [5.41, 5.74) is 11.9. The summed E-state index contributed by atoms with van der Waals surface area (Å²) in [6, 6.07) is 20.3. The van der Waals surface area contributed by atoms with Crippen LogP contribution in [0, 0.1) is 0 Å². The van der Waals surface area contributed by atoms with Gasteiger partial charge in [0.05, 0.1) is 6.61 Å². The molecule has 3 aromatic carbocycles. The Morgan fingerprint density at radius 2 is 1.00 bits per heavy atom. The normalized spacial score (nSPS) is 13.2. The maximum Gasteiger partial charge on any atom is 0.0684 e. The highest BCUT2D eigenvalue weighted by Crippen LogP contribution is 2.44. The van der Waals surface area contributed by atoms with Crippen LogP contribution < -0.4 is 0 Å². The smallest absolute Gasteiger partial charge is 0.0684 e. The van der Waals surface area contributed by atoms with Crippen LogP contribution in [0.3, 0.4) is 0 Å². The van der Waals surface area contributed by atoms with Crippen LogP contribution in [0.5, 0.6) is 0 Å². The zero-order valence-corrected chi connectivity index (χ0v) is 25.6. The number of aliphatic hydroxyl groups is 1. The van der Waals surface area contributed by atoms with Crippen molar-refractivity contribution in [1.82, 2.24) is 0 Å². The van der Waals surface area contributed by atoms with Crippen molar-refractivity contribution < 1.29 is 5.11 Å². The van der Waals surface area contributed by atoms with E-state index >= 15 is 0 Å². The van der Waals surface area contributed by atoms with Crippen LogP contribution in [0.25, 0.3) is 11.1 Å². The van der Waals surface area contributed by atoms with Gasteiger partial charge in [0.2, 0.25) is 0 Å². The average Bonchev–Trinajstić information content (AvgIpc) is 2.76. The van der Waals surface area contributed by atoms with Crippen molar-refractivity contribution in [3.05, 3.63) is 93.5 Å². The van der Waals surface area contributed by atoms with E-state index in [0.717, 1.165) is 12.0 Å². The van der Waals surface area contributed by atoms with Crippen molar-refractivity contribution >= 4 is 0 Å². The third kappa shape index (κ3) is 6.55. The fraction of sp³-hybridized carbons (Fsp3) is 0.500. The molecule has 37 heavy (non-hydrogen) atoms. The lowest BCUT2D eigenvalue weighted by atomic mass is 9.69. The van der Waals surface area contributed by atoms with Gasteiger partial charge in [-0.15, -0.1) is 0 Å². The molecule has 0 amide bonds. The summed E-state index contributed by atoms with van der Waals surface area (Å²) in [6.45, 7) is 28.0. The predicted octanol–water partition coefficient (Wildman–Crippen LogP) is 9.63. The number of hydrogen-bond donors (Lipinski definition) is 1. The monoisotopic (exact) mass is 498 g/mol. The summed E-state index contributed by atoms with van der Waals surface area (Å²) in [5, 5.41) is 9.99. The predicted molar refractivity (Wildman–Crippen MR) is 162 cm³/mol. The summed E-state index contributed by atoms with van der Waals surface area (Å²) in [4.78, 5) is 0. The molecule has 0 saturated carbocycles. The first-order valence-corrected chi connectivity index (χ1v) is 13.8. The van der Waals surface area contributed by atoms with Gasteiger partial charge in [-0.3, -0.25) is 0 Å². The Morgan fingerprint density at radius 3 is 1.43 bits per heavy atom. The van der Waals surface area contributed by atoms with Crippen molar-refractivity contribution in [3.63, 3.8) is 0 Å². The third-order valence-electron chi connectivity index (χ3n) is 7.44. The lowest BCUT2D eigenvalue weighted by Crippen LogP contribution is -2.25. The third-order valence-corrected chi connectivity index (χ3v) is 7.44. The van der Waals surface area contributed by atoms with E-state index in [1.54, 1.807) is 0 Å². The van der Waals surface area contributed by atoms with Gasteiger partial charge in [-0.25, -0.2) is 0 Å². The second-order valence-corrected chi connectivity index (χ2v) is 14.9. The van der Waals surface area contributed by atoms with Crippen molar-refractivity contribution in [2.75, 3.05) is 0 Å². The summed E-state index contributed by atoms with van der Waals surface area (Å²) in [5.74, 6) is 0. The largest absolute Gasteiger partial charge is 0.392 e. The average molecular weight is 499 g/mol. The molecule has 0 heterocycles. The molecule has 0 atom stereocenters. The molecule has 0 aromatic heterocycles. The van der Waals surface area contributed by atoms with E-state index in [1.165, 1.54) is 44.5 Å². The van der Waals surface area contributed by atoms with Gasteiger partial charge in [0, 0.05) is 0 Å². The molecule has 3 rings (SSSR count). The van der Waals surface area contributed by atoms with Gasteiger partial charge < -0.3 is 5.11 Å². The fourth-order valence-electron chi connectivity index (χ4n) is 5.41. The number of hydrogen-bond acceptors (Lipinski definition) is 1. The second-order valence-electron chi connectivity index (χ2n) is 14.9. The Bertz CT molecular complexity index is 1220. The van der Waals surface area contributed by atoms with Crippen molar-refractivity contribution in [1.29, 1.82) is 0 Å². The molecule has 0 aliphatic carbocycles. The molecule has 0 aliphatic heterocycles. The van der Waals surface area contributed by atoms with E-state index in [1.807, 2.05) is 12.1 Å². The highest BCUT2D eigenvalue weighted by Gasteiger charge is 2.31. The SMILES string of the molecule is CC(C)(C)c1cc(-c2ccc(Cc3ccccc3CO)c(C(C)(C)C)c2C(C)(C)C)cc(C(C)(C)C)c1. The van der Waals surface area contributed by atoms with E-state index in [9.17, 15) is 5.11 Å². The number of aliphatic hydroxyl groups excluding tert-OH is 1. The molecule has 0 spiro atoms. The topological polar surface area (TPSA) is 20.2 Å². The van der Waals surface area contributed by atoms with Gasteiger partial charge in [-0.1, -0.05) is 138 Å². The minimum Gasteiger partial charge on any atom is -0.392 e. The minimum absolute atomic E-state index is 0.0311. The van der Waals surface area contributed by atoms with Crippen LogP contribution in [0.4, 0.5) is 0 Å². The summed E-state index contributed by atoms with van der Waals surface area (Å²) >= 11 is 0. The number of benzene rings is 3. The Morgan fingerprint density at radius 1 is 0.514 bits per heavy atom.